The molecule has 1 fully saturated rings. The second-order valence-electron chi connectivity index (χ2n) is 5.43. The molecule has 3 unspecified atom stereocenters. The molecule has 0 aliphatic heterocycles. The number of nitrogens with two attached hydrogens (primary N) is 1. The van der Waals surface area contributed by atoms with Gasteiger partial charge >= 0.3 is 0 Å². The summed E-state index contributed by atoms with van der Waals surface area (Å²) >= 11 is 0. The number of sulfone groups is 1. The first kappa shape index (κ1) is 14.4. The van der Waals surface area contributed by atoms with Crippen molar-refractivity contribution in [3.8, 4) is 0 Å². The Hall–Kier alpha value is -1.01. The first-order valence-electron chi connectivity index (χ1n) is 6.62. The summed E-state index contributed by atoms with van der Waals surface area (Å²) in [5, 5.41) is -0.250. The Bertz CT molecular complexity index is 545. The molecule has 2 N–H and O–H groups in total. The second-order valence-corrected chi connectivity index (χ2v) is 7.76. The van der Waals surface area contributed by atoms with Crippen molar-refractivity contribution in [2.45, 2.75) is 43.9 Å². The molecule has 0 aromatic carbocycles. The van der Waals surface area contributed by atoms with Crippen LogP contribution >= 0.6 is 0 Å². The highest BCUT2D eigenvalue weighted by Gasteiger charge is 2.32. The van der Waals surface area contributed by atoms with Gasteiger partial charge < -0.3 is 5.73 Å². The fourth-order valence-corrected chi connectivity index (χ4v) is 3.99. The molecule has 1 aromatic heterocycles. The molecule has 1 aliphatic carbocycles. The van der Waals surface area contributed by atoms with Gasteiger partial charge in [-0.2, -0.15) is 0 Å². The minimum absolute atomic E-state index is 0.183. The van der Waals surface area contributed by atoms with Gasteiger partial charge in [0.25, 0.3) is 0 Å². The van der Waals surface area contributed by atoms with E-state index in [1.807, 2.05) is 13.0 Å². The summed E-state index contributed by atoms with van der Waals surface area (Å²) in [7, 11) is -2.97. The third-order valence-corrected chi connectivity index (χ3v) is 5.56. The van der Waals surface area contributed by atoms with Gasteiger partial charge in [-0.05, 0) is 38.2 Å². The molecule has 19 heavy (non-hydrogen) atoms. The Morgan fingerprint density at radius 2 is 2.16 bits per heavy atom. The highest BCUT2D eigenvalue weighted by molar-refractivity contribution is 7.91. The summed E-state index contributed by atoms with van der Waals surface area (Å²) in [6.07, 6.45) is 6.30. The maximum atomic E-state index is 11.7. The average molecular weight is 283 g/mol. The SMILES string of the molecule is Cc1nccc(C(N)C2CCCC(S(C)(=O)=O)C2)n1. The van der Waals surface area contributed by atoms with Crippen LogP contribution in [0.25, 0.3) is 0 Å². The minimum Gasteiger partial charge on any atom is -0.322 e. The van der Waals surface area contributed by atoms with E-state index < -0.39 is 9.84 Å². The Morgan fingerprint density at radius 3 is 2.79 bits per heavy atom. The summed E-state index contributed by atoms with van der Waals surface area (Å²) in [6, 6.07) is 1.62. The summed E-state index contributed by atoms with van der Waals surface area (Å²) < 4.78 is 23.4. The molecule has 0 saturated heterocycles. The molecule has 6 heteroatoms. The van der Waals surface area contributed by atoms with E-state index in [0.717, 1.165) is 25.0 Å². The maximum absolute atomic E-state index is 11.7. The highest BCUT2D eigenvalue weighted by Crippen LogP contribution is 2.34. The number of aromatic nitrogens is 2. The van der Waals surface area contributed by atoms with E-state index in [9.17, 15) is 8.42 Å². The van der Waals surface area contributed by atoms with Crippen molar-refractivity contribution in [1.29, 1.82) is 0 Å². The fourth-order valence-electron chi connectivity index (χ4n) is 2.80. The molecule has 1 aromatic rings. The van der Waals surface area contributed by atoms with Crippen molar-refractivity contribution in [1.82, 2.24) is 9.97 Å². The van der Waals surface area contributed by atoms with Crippen molar-refractivity contribution < 1.29 is 8.42 Å². The van der Waals surface area contributed by atoms with Gasteiger partial charge in [0.1, 0.15) is 15.7 Å². The van der Waals surface area contributed by atoms with Gasteiger partial charge in [-0.1, -0.05) is 6.42 Å². The zero-order chi connectivity index (χ0) is 14.0. The van der Waals surface area contributed by atoms with Crippen molar-refractivity contribution in [2.24, 2.45) is 11.7 Å². The van der Waals surface area contributed by atoms with Crippen molar-refractivity contribution >= 4 is 9.84 Å². The van der Waals surface area contributed by atoms with E-state index in [4.69, 9.17) is 5.73 Å². The molecule has 1 heterocycles. The average Bonchev–Trinajstić information content (AvgIpc) is 2.37. The fraction of sp³-hybridized carbons (Fsp3) is 0.692. The lowest BCUT2D eigenvalue weighted by Gasteiger charge is -2.31. The molecule has 0 radical (unpaired) electrons. The first-order valence-corrected chi connectivity index (χ1v) is 8.57. The number of rotatable bonds is 3. The molecule has 2 rings (SSSR count). The van der Waals surface area contributed by atoms with Crippen LogP contribution in [0.2, 0.25) is 0 Å². The Balaban J connectivity index is 2.13. The van der Waals surface area contributed by atoms with Crippen LogP contribution in [0, 0.1) is 12.8 Å². The summed E-state index contributed by atoms with van der Waals surface area (Å²) in [5.74, 6) is 0.881. The molecule has 3 atom stereocenters. The number of hydrogen-bond donors (Lipinski definition) is 1. The van der Waals surface area contributed by atoms with E-state index in [1.165, 1.54) is 6.26 Å². The Morgan fingerprint density at radius 1 is 1.42 bits per heavy atom. The third kappa shape index (κ3) is 3.51. The quantitative estimate of drug-likeness (QED) is 0.906. The molecule has 5 nitrogen and oxygen atoms in total. The van der Waals surface area contributed by atoms with Gasteiger partial charge in [-0.3, -0.25) is 0 Å². The minimum atomic E-state index is -2.97. The highest BCUT2D eigenvalue weighted by atomic mass is 32.2. The Kier molecular flexibility index (Phi) is 4.20. The number of aryl methyl sites for hydroxylation is 1. The van der Waals surface area contributed by atoms with Crippen LogP contribution in [0.15, 0.2) is 12.3 Å². The smallest absolute Gasteiger partial charge is 0.150 e. The molecule has 0 bridgehead atoms. The van der Waals surface area contributed by atoms with Crippen LogP contribution in [0.5, 0.6) is 0 Å². The van der Waals surface area contributed by atoms with Crippen LogP contribution < -0.4 is 5.73 Å². The largest absolute Gasteiger partial charge is 0.322 e. The monoisotopic (exact) mass is 283 g/mol. The van der Waals surface area contributed by atoms with Gasteiger partial charge in [0.2, 0.25) is 0 Å². The predicted octanol–water partition coefficient (Wildman–Crippen LogP) is 1.39. The van der Waals surface area contributed by atoms with Gasteiger partial charge in [-0.25, -0.2) is 18.4 Å². The van der Waals surface area contributed by atoms with Crippen molar-refractivity contribution in [2.75, 3.05) is 6.26 Å². The lowest BCUT2D eigenvalue weighted by molar-refractivity contribution is 0.305. The normalized spacial score (nSPS) is 26.1. The van der Waals surface area contributed by atoms with E-state index in [2.05, 4.69) is 9.97 Å². The van der Waals surface area contributed by atoms with Crippen LogP contribution in [0.4, 0.5) is 0 Å². The Labute approximate surface area is 114 Å². The molecular formula is C13H21N3O2S. The lowest BCUT2D eigenvalue weighted by atomic mass is 9.82. The molecular weight excluding hydrogens is 262 g/mol. The van der Waals surface area contributed by atoms with Crippen LogP contribution in [0.3, 0.4) is 0 Å². The second kappa shape index (κ2) is 5.54. The van der Waals surface area contributed by atoms with Gasteiger partial charge in [0, 0.05) is 12.5 Å². The molecule has 1 aliphatic rings. The third-order valence-electron chi connectivity index (χ3n) is 3.92. The van der Waals surface area contributed by atoms with E-state index >= 15 is 0 Å². The van der Waals surface area contributed by atoms with E-state index in [-0.39, 0.29) is 17.2 Å². The van der Waals surface area contributed by atoms with Gasteiger partial charge in [0.05, 0.1) is 17.0 Å². The first-order chi connectivity index (χ1) is 8.88. The van der Waals surface area contributed by atoms with E-state index in [0.29, 0.717) is 12.2 Å². The molecule has 106 valence electrons. The van der Waals surface area contributed by atoms with Crippen LogP contribution in [-0.4, -0.2) is 29.9 Å². The van der Waals surface area contributed by atoms with Gasteiger partial charge in [-0.15, -0.1) is 0 Å². The standard InChI is InChI=1S/C13H21N3O2S/c1-9-15-7-6-12(16-9)13(14)10-4-3-5-11(8-10)19(2,17)18/h6-7,10-11,13H,3-5,8,14H2,1-2H3. The van der Waals surface area contributed by atoms with Crippen LogP contribution in [0.1, 0.15) is 43.2 Å². The van der Waals surface area contributed by atoms with Crippen molar-refractivity contribution in [3.63, 3.8) is 0 Å². The number of nitrogens with zero attached hydrogens (tertiary/aromatic N) is 2. The lowest BCUT2D eigenvalue weighted by Crippen LogP contribution is -2.33. The molecule has 0 spiro atoms. The maximum Gasteiger partial charge on any atom is 0.150 e. The summed E-state index contributed by atoms with van der Waals surface area (Å²) in [4.78, 5) is 8.41. The van der Waals surface area contributed by atoms with Crippen LogP contribution in [-0.2, 0) is 9.84 Å². The zero-order valence-electron chi connectivity index (χ0n) is 11.4. The van der Waals surface area contributed by atoms with Crippen molar-refractivity contribution in [3.05, 3.63) is 23.8 Å². The summed E-state index contributed by atoms with van der Waals surface area (Å²) in [5.41, 5.74) is 7.07. The van der Waals surface area contributed by atoms with E-state index in [1.54, 1.807) is 6.20 Å². The number of hydrogen-bond acceptors (Lipinski definition) is 5. The zero-order valence-corrected chi connectivity index (χ0v) is 12.2. The molecule has 0 amide bonds. The summed E-state index contributed by atoms with van der Waals surface area (Å²) in [6.45, 7) is 1.83. The van der Waals surface area contributed by atoms with Gasteiger partial charge in [0.15, 0.2) is 0 Å². The molecule has 1 saturated carbocycles. The predicted molar refractivity (Wildman–Crippen MR) is 74.3 cm³/mol. The topological polar surface area (TPSA) is 85.9 Å².